The first kappa shape index (κ1) is 20.7. The zero-order valence-corrected chi connectivity index (χ0v) is 19.6. The molecule has 2 aliphatic rings. The molecule has 1 amide bonds. The van der Waals surface area contributed by atoms with Crippen LogP contribution < -0.4 is 10.6 Å². The van der Waals surface area contributed by atoms with Crippen molar-refractivity contribution < 1.29 is 9.21 Å². The molecule has 5 rings (SSSR count). The summed E-state index contributed by atoms with van der Waals surface area (Å²) in [6.45, 7) is 7.01. The Labute approximate surface area is 192 Å². The van der Waals surface area contributed by atoms with Crippen molar-refractivity contribution in [1.29, 1.82) is 0 Å². The van der Waals surface area contributed by atoms with Crippen LogP contribution in [-0.2, 0) is 12.8 Å². The van der Waals surface area contributed by atoms with E-state index >= 15 is 0 Å². The minimum Gasteiger partial charge on any atom is -0.457 e. The molecule has 2 aromatic heterocycles. The molecule has 0 saturated carbocycles. The van der Waals surface area contributed by atoms with E-state index in [1.807, 2.05) is 36.4 Å². The molecule has 4 nitrogen and oxygen atoms in total. The fourth-order valence-electron chi connectivity index (χ4n) is 4.67. The van der Waals surface area contributed by atoms with Crippen molar-refractivity contribution in [1.82, 2.24) is 5.32 Å². The van der Waals surface area contributed by atoms with Gasteiger partial charge in [0.1, 0.15) is 16.5 Å². The van der Waals surface area contributed by atoms with Crippen LogP contribution in [0.1, 0.15) is 66.3 Å². The highest BCUT2D eigenvalue weighted by atomic mass is 35.5. The average Bonchev–Trinajstić information content (AvgIpc) is 3.38. The van der Waals surface area contributed by atoms with Gasteiger partial charge in [0, 0.05) is 15.5 Å². The first-order chi connectivity index (χ1) is 14.9. The standard InChI is InChI=1S/C25H27ClN2O2S/c1-4-25(2,3)15-7-10-17-20(13-15)31-24-21(17)23(29)27-22(28-24)19-12-11-18(30-19)14-5-8-16(26)9-6-14/h5-6,8-9,11-12,15,22,28H,4,7,10,13H2,1-3H3,(H,27,29)/t15-,22+/m1/s1. The lowest BCUT2D eigenvalue weighted by Crippen LogP contribution is -2.38. The largest absolute Gasteiger partial charge is 0.457 e. The number of thiophene rings is 1. The maximum absolute atomic E-state index is 13.1. The molecular weight excluding hydrogens is 428 g/mol. The van der Waals surface area contributed by atoms with Crippen LogP contribution in [0.2, 0.25) is 5.02 Å². The van der Waals surface area contributed by atoms with Gasteiger partial charge < -0.3 is 15.1 Å². The van der Waals surface area contributed by atoms with Crippen LogP contribution in [0.5, 0.6) is 0 Å². The summed E-state index contributed by atoms with van der Waals surface area (Å²) < 4.78 is 6.08. The van der Waals surface area contributed by atoms with E-state index in [-0.39, 0.29) is 12.1 Å². The van der Waals surface area contributed by atoms with Crippen molar-refractivity contribution in [2.24, 2.45) is 11.3 Å². The van der Waals surface area contributed by atoms with E-state index < -0.39 is 0 Å². The Morgan fingerprint density at radius 3 is 2.68 bits per heavy atom. The molecule has 0 unspecified atom stereocenters. The molecule has 1 aromatic carbocycles. The van der Waals surface area contributed by atoms with Gasteiger partial charge in [0.15, 0.2) is 6.17 Å². The number of carbonyl (C=O) groups excluding carboxylic acids is 1. The molecule has 2 atom stereocenters. The van der Waals surface area contributed by atoms with Crippen LogP contribution >= 0.6 is 22.9 Å². The van der Waals surface area contributed by atoms with Gasteiger partial charge in [-0.05, 0) is 72.6 Å². The van der Waals surface area contributed by atoms with Gasteiger partial charge in [-0.25, -0.2) is 0 Å². The number of rotatable bonds is 4. The number of halogens is 1. The fraction of sp³-hybridized carbons (Fsp3) is 0.400. The number of furan rings is 1. The molecule has 31 heavy (non-hydrogen) atoms. The Balaban J connectivity index is 1.40. The van der Waals surface area contributed by atoms with Crippen molar-refractivity contribution in [2.45, 2.75) is 52.6 Å². The molecule has 162 valence electrons. The third-order valence-corrected chi connectivity index (χ3v) is 8.54. The maximum atomic E-state index is 13.1. The second kappa shape index (κ2) is 7.72. The van der Waals surface area contributed by atoms with E-state index in [0.717, 1.165) is 41.2 Å². The van der Waals surface area contributed by atoms with E-state index in [1.165, 1.54) is 16.9 Å². The number of hydrogen-bond acceptors (Lipinski definition) is 4. The van der Waals surface area contributed by atoms with E-state index in [0.29, 0.717) is 22.1 Å². The van der Waals surface area contributed by atoms with E-state index in [4.69, 9.17) is 16.0 Å². The van der Waals surface area contributed by atoms with Gasteiger partial charge in [0.2, 0.25) is 0 Å². The van der Waals surface area contributed by atoms with Gasteiger partial charge in [0.25, 0.3) is 5.91 Å². The quantitative estimate of drug-likeness (QED) is 0.443. The van der Waals surface area contributed by atoms with Crippen LogP contribution in [0, 0.1) is 11.3 Å². The van der Waals surface area contributed by atoms with Crippen molar-refractivity contribution in [3.63, 3.8) is 0 Å². The first-order valence-corrected chi connectivity index (χ1v) is 12.1. The van der Waals surface area contributed by atoms with Gasteiger partial charge in [0.05, 0.1) is 5.56 Å². The predicted molar refractivity (Wildman–Crippen MR) is 127 cm³/mol. The van der Waals surface area contributed by atoms with Gasteiger partial charge in [-0.1, -0.05) is 38.8 Å². The zero-order valence-electron chi connectivity index (χ0n) is 18.0. The molecule has 2 N–H and O–H groups in total. The highest BCUT2D eigenvalue weighted by Crippen LogP contribution is 2.47. The number of fused-ring (bicyclic) bond motifs is 3. The fourth-order valence-corrected chi connectivity index (χ4v) is 6.15. The lowest BCUT2D eigenvalue weighted by molar-refractivity contribution is 0.0930. The van der Waals surface area contributed by atoms with E-state index in [2.05, 4.69) is 31.4 Å². The van der Waals surface area contributed by atoms with E-state index in [1.54, 1.807) is 11.3 Å². The Morgan fingerprint density at radius 2 is 1.94 bits per heavy atom. The number of hydrogen-bond donors (Lipinski definition) is 2. The van der Waals surface area contributed by atoms with Crippen LogP contribution in [0.4, 0.5) is 5.00 Å². The summed E-state index contributed by atoms with van der Waals surface area (Å²) in [5, 5.41) is 8.27. The maximum Gasteiger partial charge on any atom is 0.256 e. The summed E-state index contributed by atoms with van der Waals surface area (Å²) in [6, 6.07) is 11.4. The molecule has 0 radical (unpaired) electrons. The van der Waals surface area contributed by atoms with Crippen molar-refractivity contribution in [2.75, 3.05) is 5.32 Å². The lowest BCUT2D eigenvalue weighted by Gasteiger charge is -2.36. The van der Waals surface area contributed by atoms with Gasteiger partial charge in [-0.2, -0.15) is 0 Å². The van der Waals surface area contributed by atoms with Gasteiger partial charge in [-0.3, -0.25) is 4.79 Å². The summed E-state index contributed by atoms with van der Waals surface area (Å²) in [5.74, 6) is 2.11. The number of anilines is 1. The third-order valence-electron chi connectivity index (χ3n) is 7.10. The smallest absolute Gasteiger partial charge is 0.256 e. The highest BCUT2D eigenvalue weighted by molar-refractivity contribution is 7.16. The molecule has 0 saturated heterocycles. The molecule has 6 heteroatoms. The second-order valence-corrected chi connectivity index (χ2v) is 10.8. The second-order valence-electron chi connectivity index (χ2n) is 9.25. The molecule has 3 heterocycles. The first-order valence-electron chi connectivity index (χ1n) is 10.9. The Bertz CT molecular complexity index is 1130. The third kappa shape index (κ3) is 3.68. The lowest BCUT2D eigenvalue weighted by atomic mass is 9.69. The van der Waals surface area contributed by atoms with Crippen molar-refractivity contribution >= 4 is 33.8 Å². The molecule has 1 aliphatic carbocycles. The zero-order chi connectivity index (χ0) is 21.8. The Hall–Kier alpha value is -2.24. The van der Waals surface area contributed by atoms with Gasteiger partial charge >= 0.3 is 0 Å². The normalized spacial score (nSPS) is 20.6. The average molecular weight is 455 g/mol. The van der Waals surface area contributed by atoms with Crippen LogP contribution in [0.25, 0.3) is 11.3 Å². The van der Waals surface area contributed by atoms with Gasteiger partial charge in [-0.15, -0.1) is 11.3 Å². The summed E-state index contributed by atoms with van der Waals surface area (Å²) in [7, 11) is 0. The minimum atomic E-state index is -0.371. The van der Waals surface area contributed by atoms with Crippen molar-refractivity contribution in [3.8, 4) is 11.3 Å². The molecule has 0 spiro atoms. The molecule has 1 aliphatic heterocycles. The highest BCUT2D eigenvalue weighted by Gasteiger charge is 2.37. The summed E-state index contributed by atoms with van der Waals surface area (Å²) in [4.78, 5) is 14.4. The minimum absolute atomic E-state index is 0.00565. The number of amides is 1. The topological polar surface area (TPSA) is 54.3 Å². The summed E-state index contributed by atoms with van der Waals surface area (Å²) >= 11 is 7.73. The SMILES string of the molecule is CCC(C)(C)[C@@H]1CCc2c(sc3c2C(=O)N[C@H](c2ccc(-c4ccc(Cl)cc4)o2)N3)C1. The molecule has 0 fully saturated rings. The molecular formula is C25H27ClN2O2S. The molecule has 3 aromatic rings. The van der Waals surface area contributed by atoms with Crippen molar-refractivity contribution in [3.05, 3.63) is 63.2 Å². The number of nitrogens with one attached hydrogen (secondary N) is 2. The van der Waals surface area contributed by atoms with E-state index in [9.17, 15) is 4.79 Å². The Kier molecular flexibility index (Phi) is 5.14. The van der Waals surface area contributed by atoms with Crippen LogP contribution in [0.15, 0.2) is 40.8 Å². The Morgan fingerprint density at radius 1 is 1.16 bits per heavy atom. The predicted octanol–water partition coefficient (Wildman–Crippen LogP) is 7.06. The van der Waals surface area contributed by atoms with Crippen LogP contribution in [0.3, 0.4) is 0 Å². The summed E-state index contributed by atoms with van der Waals surface area (Å²) in [6.07, 6.45) is 4.00. The monoisotopic (exact) mass is 454 g/mol. The number of carbonyl (C=O) groups is 1. The van der Waals surface area contributed by atoms with Crippen LogP contribution in [-0.4, -0.2) is 5.91 Å². The summed E-state index contributed by atoms with van der Waals surface area (Å²) in [5.41, 5.74) is 3.36. The molecule has 0 bridgehead atoms. The number of benzene rings is 1.